The Morgan fingerprint density at radius 3 is 3.00 bits per heavy atom. The molecule has 0 aliphatic carbocycles. The van der Waals surface area contributed by atoms with E-state index < -0.39 is 4.92 Å². The van der Waals surface area contributed by atoms with Gasteiger partial charge in [0.1, 0.15) is 7.11 Å². The van der Waals surface area contributed by atoms with E-state index in [4.69, 9.17) is 0 Å². The first-order valence-electron chi connectivity index (χ1n) is 3.05. The van der Waals surface area contributed by atoms with E-state index in [1.807, 2.05) is 0 Å². The van der Waals surface area contributed by atoms with Crippen LogP contribution in [0.15, 0.2) is 17.3 Å². The molecule has 0 unspecified atom stereocenters. The lowest BCUT2D eigenvalue weighted by Gasteiger charge is -1.82. The van der Waals surface area contributed by atoms with Gasteiger partial charge in [0.05, 0.1) is 16.0 Å². The Balaban J connectivity index is 2.77. The molecule has 1 heterocycles. The highest BCUT2D eigenvalue weighted by molar-refractivity contribution is 7.16. The van der Waals surface area contributed by atoms with Crippen LogP contribution >= 0.6 is 11.3 Å². The summed E-state index contributed by atoms with van der Waals surface area (Å²) in [6, 6.07) is 3.05. The molecule has 64 valence electrons. The molecule has 0 aliphatic rings. The molecular formula is C6H6N2O3S. The predicted molar refractivity (Wildman–Crippen MR) is 45.6 cm³/mol. The summed E-state index contributed by atoms with van der Waals surface area (Å²) < 4.78 is 0. The number of oxime groups is 1. The molecule has 0 bridgehead atoms. The number of rotatable bonds is 3. The van der Waals surface area contributed by atoms with Crippen LogP contribution in [-0.4, -0.2) is 18.2 Å². The second-order valence-corrected chi connectivity index (χ2v) is 2.94. The van der Waals surface area contributed by atoms with Crippen molar-refractivity contribution < 1.29 is 9.76 Å². The average molecular weight is 186 g/mol. The van der Waals surface area contributed by atoms with Gasteiger partial charge in [0.25, 0.3) is 0 Å². The molecular weight excluding hydrogens is 180 g/mol. The maximum atomic E-state index is 10.2. The van der Waals surface area contributed by atoms with Gasteiger partial charge in [0.15, 0.2) is 0 Å². The summed E-state index contributed by atoms with van der Waals surface area (Å²) in [5, 5.41) is 13.8. The molecule has 0 N–H and O–H groups in total. The minimum Gasteiger partial charge on any atom is -0.399 e. The maximum absolute atomic E-state index is 10.2. The van der Waals surface area contributed by atoms with Crippen molar-refractivity contribution in [2.45, 2.75) is 0 Å². The van der Waals surface area contributed by atoms with Crippen molar-refractivity contribution in [3.05, 3.63) is 27.1 Å². The highest BCUT2D eigenvalue weighted by Gasteiger charge is 2.07. The minimum atomic E-state index is -0.436. The average Bonchev–Trinajstić information content (AvgIpc) is 2.48. The van der Waals surface area contributed by atoms with Crippen LogP contribution in [0, 0.1) is 10.1 Å². The molecule has 0 saturated carbocycles. The Bertz CT molecular complexity index is 307. The monoisotopic (exact) mass is 186 g/mol. The van der Waals surface area contributed by atoms with Crippen molar-refractivity contribution >= 4 is 22.6 Å². The molecule has 0 atom stereocenters. The van der Waals surface area contributed by atoms with Crippen LogP contribution in [0.3, 0.4) is 0 Å². The summed E-state index contributed by atoms with van der Waals surface area (Å²) >= 11 is 1.05. The normalized spacial score (nSPS) is 10.4. The van der Waals surface area contributed by atoms with Crippen LogP contribution < -0.4 is 0 Å². The van der Waals surface area contributed by atoms with Crippen LogP contribution in [0.1, 0.15) is 4.88 Å². The summed E-state index contributed by atoms with van der Waals surface area (Å²) in [5.41, 5.74) is 0. The zero-order valence-corrected chi connectivity index (χ0v) is 7.08. The van der Waals surface area contributed by atoms with Gasteiger partial charge in [-0.2, -0.15) is 0 Å². The van der Waals surface area contributed by atoms with E-state index in [9.17, 15) is 10.1 Å². The van der Waals surface area contributed by atoms with E-state index in [0.29, 0.717) is 4.88 Å². The molecule has 0 saturated heterocycles. The Hall–Kier alpha value is -1.43. The third kappa shape index (κ3) is 2.03. The summed E-state index contributed by atoms with van der Waals surface area (Å²) in [6.45, 7) is 0. The molecule has 6 heteroatoms. The van der Waals surface area contributed by atoms with Crippen molar-refractivity contribution in [1.82, 2.24) is 0 Å². The summed E-state index contributed by atoms with van der Waals surface area (Å²) in [4.78, 5) is 14.9. The van der Waals surface area contributed by atoms with Crippen LogP contribution in [0.5, 0.6) is 0 Å². The second-order valence-electron chi connectivity index (χ2n) is 1.85. The fraction of sp³-hybridized carbons (Fsp3) is 0.167. The standard InChI is InChI=1S/C6H6N2O3S/c1-11-7-4-5-2-3-6(12-5)8(9)10/h2-4H,1H3/b7-4+. The minimum absolute atomic E-state index is 0.104. The summed E-state index contributed by atoms with van der Waals surface area (Å²) in [5.74, 6) is 0. The number of hydrogen-bond acceptors (Lipinski definition) is 5. The van der Waals surface area contributed by atoms with Gasteiger partial charge in [-0.3, -0.25) is 10.1 Å². The molecule has 0 aliphatic heterocycles. The van der Waals surface area contributed by atoms with Crippen molar-refractivity contribution in [3.8, 4) is 0 Å². The van der Waals surface area contributed by atoms with Crippen LogP contribution in [0.25, 0.3) is 0 Å². The fourth-order valence-corrected chi connectivity index (χ4v) is 1.30. The first-order chi connectivity index (χ1) is 5.74. The van der Waals surface area contributed by atoms with Crippen LogP contribution in [0.2, 0.25) is 0 Å². The smallest absolute Gasteiger partial charge is 0.324 e. The maximum Gasteiger partial charge on any atom is 0.324 e. The molecule has 0 spiro atoms. The van der Waals surface area contributed by atoms with Gasteiger partial charge in [-0.25, -0.2) is 0 Å². The third-order valence-electron chi connectivity index (χ3n) is 1.08. The van der Waals surface area contributed by atoms with E-state index >= 15 is 0 Å². The molecule has 1 rings (SSSR count). The SMILES string of the molecule is CO/N=C/c1ccc([N+](=O)[O-])s1. The molecule has 0 amide bonds. The molecule has 5 nitrogen and oxygen atoms in total. The van der Waals surface area contributed by atoms with Crippen LogP contribution in [0.4, 0.5) is 5.00 Å². The molecule has 0 aromatic carbocycles. The molecule has 0 radical (unpaired) electrons. The first-order valence-corrected chi connectivity index (χ1v) is 3.86. The van der Waals surface area contributed by atoms with Gasteiger partial charge in [-0.1, -0.05) is 16.5 Å². The summed E-state index contributed by atoms with van der Waals surface area (Å²) in [6.07, 6.45) is 1.43. The van der Waals surface area contributed by atoms with E-state index in [-0.39, 0.29) is 5.00 Å². The van der Waals surface area contributed by atoms with Gasteiger partial charge in [0.2, 0.25) is 0 Å². The van der Waals surface area contributed by atoms with Gasteiger partial charge in [-0.05, 0) is 6.07 Å². The van der Waals surface area contributed by atoms with E-state index in [2.05, 4.69) is 9.99 Å². The molecule has 0 fully saturated rings. The molecule has 1 aromatic rings. The molecule has 1 aromatic heterocycles. The quantitative estimate of drug-likeness (QED) is 0.409. The third-order valence-corrected chi connectivity index (χ3v) is 2.05. The lowest BCUT2D eigenvalue weighted by atomic mass is 10.5. The predicted octanol–water partition coefficient (Wildman–Crippen LogP) is 1.64. The Morgan fingerprint density at radius 1 is 1.75 bits per heavy atom. The van der Waals surface area contributed by atoms with E-state index in [1.54, 1.807) is 6.07 Å². The van der Waals surface area contributed by atoms with Gasteiger partial charge in [0, 0.05) is 6.07 Å². The van der Waals surface area contributed by atoms with E-state index in [1.165, 1.54) is 19.4 Å². The van der Waals surface area contributed by atoms with Crippen molar-refractivity contribution in [2.24, 2.45) is 5.16 Å². The van der Waals surface area contributed by atoms with Crippen molar-refractivity contribution in [2.75, 3.05) is 7.11 Å². The lowest BCUT2D eigenvalue weighted by Crippen LogP contribution is -1.80. The highest BCUT2D eigenvalue weighted by Crippen LogP contribution is 2.22. The Morgan fingerprint density at radius 2 is 2.50 bits per heavy atom. The molecule has 12 heavy (non-hydrogen) atoms. The second kappa shape index (κ2) is 3.82. The zero-order chi connectivity index (χ0) is 8.97. The number of nitrogens with zero attached hydrogens (tertiary/aromatic N) is 2. The number of thiophene rings is 1. The fourth-order valence-electron chi connectivity index (χ4n) is 0.614. The van der Waals surface area contributed by atoms with Gasteiger partial charge < -0.3 is 4.84 Å². The Labute approximate surface area is 72.4 Å². The Kier molecular flexibility index (Phi) is 2.76. The first kappa shape index (κ1) is 8.66. The highest BCUT2D eigenvalue weighted by atomic mass is 32.1. The van der Waals surface area contributed by atoms with Crippen molar-refractivity contribution in [3.63, 3.8) is 0 Å². The summed E-state index contributed by atoms with van der Waals surface area (Å²) in [7, 11) is 1.42. The largest absolute Gasteiger partial charge is 0.399 e. The lowest BCUT2D eigenvalue weighted by molar-refractivity contribution is -0.380. The number of nitro groups is 1. The topological polar surface area (TPSA) is 64.7 Å². The van der Waals surface area contributed by atoms with Gasteiger partial charge >= 0.3 is 5.00 Å². The van der Waals surface area contributed by atoms with Gasteiger partial charge in [-0.15, -0.1) is 0 Å². The number of hydrogen-bond donors (Lipinski definition) is 0. The van der Waals surface area contributed by atoms with Crippen LogP contribution in [-0.2, 0) is 4.84 Å². The van der Waals surface area contributed by atoms with E-state index in [0.717, 1.165) is 11.3 Å². The van der Waals surface area contributed by atoms with Crippen molar-refractivity contribution in [1.29, 1.82) is 0 Å². The zero-order valence-electron chi connectivity index (χ0n) is 6.26.